The molecule has 0 atom stereocenters. The fourth-order valence-corrected chi connectivity index (χ4v) is 1.79. The third kappa shape index (κ3) is 4.01. The summed E-state index contributed by atoms with van der Waals surface area (Å²) in [5, 5.41) is 8.91. The van der Waals surface area contributed by atoms with Gasteiger partial charge in [0.15, 0.2) is 0 Å². The van der Waals surface area contributed by atoms with Gasteiger partial charge in [0.05, 0.1) is 5.56 Å². The third-order valence-corrected chi connectivity index (χ3v) is 2.96. The molecule has 0 N–H and O–H groups in total. The quantitative estimate of drug-likeness (QED) is 0.788. The van der Waals surface area contributed by atoms with Crippen molar-refractivity contribution in [2.75, 3.05) is 13.2 Å². The molecule has 19 heavy (non-hydrogen) atoms. The molecule has 0 bridgehead atoms. The van der Waals surface area contributed by atoms with Crippen LogP contribution >= 0.6 is 15.9 Å². The van der Waals surface area contributed by atoms with Crippen molar-refractivity contribution < 1.29 is 9.47 Å². The van der Waals surface area contributed by atoms with E-state index in [2.05, 4.69) is 22.0 Å². The van der Waals surface area contributed by atoms with Crippen molar-refractivity contribution in [3.8, 4) is 17.6 Å². The van der Waals surface area contributed by atoms with Gasteiger partial charge in [0.1, 0.15) is 30.8 Å². The Labute approximate surface area is 120 Å². The summed E-state index contributed by atoms with van der Waals surface area (Å²) < 4.78 is 12.1. The maximum atomic E-state index is 8.91. The van der Waals surface area contributed by atoms with E-state index in [9.17, 15) is 0 Å². The Kier molecular flexibility index (Phi) is 4.82. The predicted octanol–water partition coefficient (Wildman–Crippen LogP) is 3.78. The van der Waals surface area contributed by atoms with Crippen molar-refractivity contribution in [3.05, 3.63) is 58.6 Å². The topological polar surface area (TPSA) is 42.2 Å². The van der Waals surface area contributed by atoms with Crippen molar-refractivity contribution in [2.24, 2.45) is 0 Å². The minimum absolute atomic E-state index is 0.398. The van der Waals surface area contributed by atoms with Gasteiger partial charge in [0, 0.05) is 4.47 Å². The standard InChI is InChI=1S/C15H12BrNO2/c16-13-5-7-14(8-6-13)18-9-10-19-15-4-2-1-3-12(15)11-17/h1-8H,9-10H2. The summed E-state index contributed by atoms with van der Waals surface area (Å²) in [5.74, 6) is 1.38. The van der Waals surface area contributed by atoms with Crippen molar-refractivity contribution >= 4 is 15.9 Å². The van der Waals surface area contributed by atoms with E-state index in [0.717, 1.165) is 10.2 Å². The van der Waals surface area contributed by atoms with Crippen molar-refractivity contribution in [2.45, 2.75) is 0 Å². The Morgan fingerprint density at radius 2 is 1.63 bits per heavy atom. The fourth-order valence-electron chi connectivity index (χ4n) is 1.53. The van der Waals surface area contributed by atoms with Gasteiger partial charge in [0.2, 0.25) is 0 Å². The molecule has 0 aromatic heterocycles. The Balaban J connectivity index is 1.81. The molecule has 0 heterocycles. The van der Waals surface area contributed by atoms with Crippen LogP contribution in [-0.2, 0) is 0 Å². The van der Waals surface area contributed by atoms with E-state index in [-0.39, 0.29) is 0 Å². The minimum Gasteiger partial charge on any atom is -0.490 e. The van der Waals surface area contributed by atoms with Gasteiger partial charge in [-0.2, -0.15) is 5.26 Å². The highest BCUT2D eigenvalue weighted by molar-refractivity contribution is 9.10. The van der Waals surface area contributed by atoms with E-state index in [0.29, 0.717) is 24.5 Å². The van der Waals surface area contributed by atoms with Crippen LogP contribution in [-0.4, -0.2) is 13.2 Å². The lowest BCUT2D eigenvalue weighted by Gasteiger charge is -2.09. The van der Waals surface area contributed by atoms with Crippen LogP contribution in [0.5, 0.6) is 11.5 Å². The molecule has 2 aromatic rings. The molecule has 0 saturated carbocycles. The molecule has 4 heteroatoms. The number of hydrogen-bond donors (Lipinski definition) is 0. The molecule has 0 aliphatic carbocycles. The first-order valence-electron chi connectivity index (χ1n) is 5.80. The van der Waals surface area contributed by atoms with Gasteiger partial charge in [-0.1, -0.05) is 28.1 Å². The van der Waals surface area contributed by atoms with E-state index < -0.39 is 0 Å². The molecule has 0 radical (unpaired) electrons. The molecule has 0 amide bonds. The van der Waals surface area contributed by atoms with Gasteiger partial charge in [-0.05, 0) is 36.4 Å². The number of hydrogen-bond acceptors (Lipinski definition) is 3. The summed E-state index contributed by atoms with van der Waals surface area (Å²) in [6.07, 6.45) is 0. The largest absolute Gasteiger partial charge is 0.490 e. The number of nitriles is 1. The van der Waals surface area contributed by atoms with Gasteiger partial charge in [0.25, 0.3) is 0 Å². The second kappa shape index (κ2) is 6.81. The van der Waals surface area contributed by atoms with E-state index in [1.54, 1.807) is 12.1 Å². The normalized spacial score (nSPS) is 9.68. The molecular formula is C15H12BrNO2. The molecular weight excluding hydrogens is 306 g/mol. The van der Waals surface area contributed by atoms with Crippen LogP contribution in [0.25, 0.3) is 0 Å². The van der Waals surface area contributed by atoms with Crippen molar-refractivity contribution in [1.29, 1.82) is 5.26 Å². The van der Waals surface area contributed by atoms with Crippen LogP contribution in [0, 0.1) is 11.3 Å². The molecule has 0 aliphatic rings. The molecule has 3 nitrogen and oxygen atoms in total. The summed E-state index contributed by atoms with van der Waals surface area (Å²) in [6, 6.07) is 16.8. The van der Waals surface area contributed by atoms with Crippen LogP contribution in [0.3, 0.4) is 0 Å². The SMILES string of the molecule is N#Cc1ccccc1OCCOc1ccc(Br)cc1. The number of nitrogens with zero attached hydrogens (tertiary/aromatic N) is 1. The highest BCUT2D eigenvalue weighted by atomic mass is 79.9. The summed E-state index contributed by atoms with van der Waals surface area (Å²) in [5.41, 5.74) is 0.533. The second-order valence-corrected chi connectivity index (χ2v) is 4.67. The first kappa shape index (κ1) is 13.4. The van der Waals surface area contributed by atoms with Crippen molar-refractivity contribution in [1.82, 2.24) is 0 Å². The van der Waals surface area contributed by atoms with E-state index in [1.807, 2.05) is 36.4 Å². The van der Waals surface area contributed by atoms with Gasteiger partial charge in [-0.15, -0.1) is 0 Å². The predicted molar refractivity (Wildman–Crippen MR) is 76.3 cm³/mol. The number of benzene rings is 2. The number of halogens is 1. The Hall–Kier alpha value is -1.99. The monoisotopic (exact) mass is 317 g/mol. The van der Waals surface area contributed by atoms with Gasteiger partial charge in [-0.3, -0.25) is 0 Å². The highest BCUT2D eigenvalue weighted by Crippen LogP contribution is 2.17. The van der Waals surface area contributed by atoms with E-state index in [1.165, 1.54) is 0 Å². The average Bonchev–Trinajstić information content (AvgIpc) is 2.46. The molecule has 2 rings (SSSR count). The van der Waals surface area contributed by atoms with Crippen LogP contribution in [0.4, 0.5) is 0 Å². The molecule has 0 fully saturated rings. The molecule has 0 saturated heterocycles. The zero-order valence-electron chi connectivity index (χ0n) is 10.2. The molecule has 2 aromatic carbocycles. The summed E-state index contributed by atoms with van der Waals surface area (Å²) in [4.78, 5) is 0. The van der Waals surface area contributed by atoms with Crippen LogP contribution in [0.2, 0.25) is 0 Å². The molecule has 0 unspecified atom stereocenters. The molecule has 0 aliphatic heterocycles. The third-order valence-electron chi connectivity index (χ3n) is 2.43. The van der Waals surface area contributed by atoms with E-state index >= 15 is 0 Å². The van der Waals surface area contributed by atoms with Gasteiger partial charge >= 0.3 is 0 Å². The first-order valence-corrected chi connectivity index (χ1v) is 6.59. The zero-order valence-corrected chi connectivity index (χ0v) is 11.8. The lowest BCUT2D eigenvalue weighted by molar-refractivity contribution is 0.217. The van der Waals surface area contributed by atoms with Crippen LogP contribution in [0.1, 0.15) is 5.56 Å². The second-order valence-electron chi connectivity index (χ2n) is 3.76. The fraction of sp³-hybridized carbons (Fsp3) is 0.133. The maximum absolute atomic E-state index is 8.91. The molecule has 96 valence electrons. The average molecular weight is 318 g/mol. The van der Waals surface area contributed by atoms with Crippen LogP contribution < -0.4 is 9.47 Å². The van der Waals surface area contributed by atoms with Gasteiger partial charge < -0.3 is 9.47 Å². The Bertz CT molecular complexity index is 575. The summed E-state index contributed by atoms with van der Waals surface area (Å²) in [6.45, 7) is 0.830. The molecule has 0 spiro atoms. The van der Waals surface area contributed by atoms with E-state index in [4.69, 9.17) is 14.7 Å². The number of ether oxygens (including phenoxy) is 2. The Morgan fingerprint density at radius 1 is 0.947 bits per heavy atom. The van der Waals surface area contributed by atoms with Gasteiger partial charge in [-0.25, -0.2) is 0 Å². The smallest absolute Gasteiger partial charge is 0.137 e. The zero-order chi connectivity index (χ0) is 13.5. The van der Waals surface area contributed by atoms with Crippen molar-refractivity contribution in [3.63, 3.8) is 0 Å². The van der Waals surface area contributed by atoms with Crippen LogP contribution in [0.15, 0.2) is 53.0 Å². The number of rotatable bonds is 5. The summed E-state index contributed by atoms with van der Waals surface area (Å²) in [7, 11) is 0. The Morgan fingerprint density at radius 3 is 2.37 bits per heavy atom. The summed E-state index contributed by atoms with van der Waals surface area (Å²) >= 11 is 3.36. The highest BCUT2D eigenvalue weighted by Gasteiger charge is 2.01. The maximum Gasteiger partial charge on any atom is 0.137 e. The number of para-hydroxylation sites is 1. The minimum atomic E-state index is 0.398. The lowest BCUT2D eigenvalue weighted by Crippen LogP contribution is -2.09. The first-order chi connectivity index (χ1) is 9.29. The lowest BCUT2D eigenvalue weighted by atomic mass is 10.2.